The molecule has 0 saturated heterocycles. The predicted molar refractivity (Wildman–Crippen MR) is 72.8 cm³/mol. The number of nitro benzene ring substituents is 1. The molecule has 102 valence electrons. The number of hydrogen-bond donors (Lipinski definition) is 0. The summed E-state index contributed by atoms with van der Waals surface area (Å²) in [5.41, 5.74) is 1.56. The maximum absolute atomic E-state index is 12.1. The highest BCUT2D eigenvalue weighted by Crippen LogP contribution is 2.40. The van der Waals surface area contributed by atoms with Gasteiger partial charge in [0.15, 0.2) is 5.78 Å². The van der Waals surface area contributed by atoms with Crippen molar-refractivity contribution in [1.29, 1.82) is 0 Å². The molecule has 0 atom stereocenters. The minimum absolute atomic E-state index is 0.00225. The Hall–Kier alpha value is -2.43. The van der Waals surface area contributed by atoms with E-state index in [1.807, 2.05) is 0 Å². The van der Waals surface area contributed by atoms with Crippen molar-refractivity contribution in [2.75, 3.05) is 0 Å². The van der Waals surface area contributed by atoms with Crippen molar-refractivity contribution in [1.82, 2.24) is 0 Å². The fourth-order valence-corrected chi connectivity index (χ4v) is 2.78. The molecule has 1 heterocycles. The first-order valence-corrected chi connectivity index (χ1v) is 6.49. The molecule has 5 heteroatoms. The van der Waals surface area contributed by atoms with Crippen molar-refractivity contribution in [2.24, 2.45) is 0 Å². The Bertz CT molecular complexity index is 715. The van der Waals surface area contributed by atoms with Crippen LogP contribution in [0.15, 0.2) is 28.7 Å². The molecule has 0 spiro atoms. The largest absolute Gasteiger partial charge is 0.465 e. The van der Waals surface area contributed by atoms with Crippen LogP contribution in [0.3, 0.4) is 0 Å². The van der Waals surface area contributed by atoms with Crippen molar-refractivity contribution in [3.63, 3.8) is 0 Å². The minimum atomic E-state index is -0.429. The van der Waals surface area contributed by atoms with E-state index in [0.29, 0.717) is 41.1 Å². The summed E-state index contributed by atoms with van der Waals surface area (Å²) in [6.45, 7) is 1.75. The highest BCUT2D eigenvalue weighted by atomic mass is 16.6. The lowest BCUT2D eigenvalue weighted by Gasteiger charge is -2.10. The van der Waals surface area contributed by atoms with Gasteiger partial charge in [-0.05, 0) is 19.4 Å². The molecule has 0 aliphatic heterocycles. The summed E-state index contributed by atoms with van der Waals surface area (Å²) in [6.07, 6.45) is 1.96. The lowest BCUT2D eigenvalue weighted by Crippen LogP contribution is -2.09. The maximum atomic E-state index is 12.1. The van der Waals surface area contributed by atoms with Crippen LogP contribution < -0.4 is 0 Å². The van der Waals surface area contributed by atoms with Crippen LogP contribution in [0.2, 0.25) is 0 Å². The molecule has 0 bridgehead atoms. The number of carbonyl (C=O) groups is 1. The van der Waals surface area contributed by atoms with Crippen LogP contribution in [0, 0.1) is 17.0 Å². The van der Waals surface area contributed by atoms with Crippen LogP contribution in [0.5, 0.6) is 0 Å². The van der Waals surface area contributed by atoms with Crippen LogP contribution >= 0.6 is 0 Å². The average molecular weight is 271 g/mol. The van der Waals surface area contributed by atoms with Gasteiger partial charge in [-0.3, -0.25) is 14.9 Å². The molecular weight excluding hydrogens is 258 g/mol. The third-order valence-electron chi connectivity index (χ3n) is 3.61. The number of carbonyl (C=O) groups excluding carboxylic acids is 1. The zero-order chi connectivity index (χ0) is 14.3. The van der Waals surface area contributed by atoms with Crippen molar-refractivity contribution < 1.29 is 14.1 Å². The topological polar surface area (TPSA) is 73.3 Å². The molecule has 0 N–H and O–H groups in total. The van der Waals surface area contributed by atoms with Gasteiger partial charge in [-0.25, -0.2) is 0 Å². The summed E-state index contributed by atoms with van der Waals surface area (Å²) in [6, 6.07) is 6.46. The van der Waals surface area contributed by atoms with Gasteiger partial charge in [-0.1, -0.05) is 12.1 Å². The van der Waals surface area contributed by atoms with Crippen LogP contribution in [-0.2, 0) is 6.42 Å². The van der Waals surface area contributed by atoms with E-state index in [2.05, 4.69) is 0 Å². The fraction of sp³-hybridized carbons (Fsp3) is 0.267. The normalized spacial score (nSPS) is 14.2. The van der Waals surface area contributed by atoms with Crippen LogP contribution in [0.1, 0.15) is 34.7 Å². The summed E-state index contributed by atoms with van der Waals surface area (Å²) in [7, 11) is 0. The van der Waals surface area contributed by atoms with Gasteiger partial charge in [-0.2, -0.15) is 0 Å². The number of nitrogens with zero attached hydrogens (tertiary/aromatic N) is 1. The smallest absolute Gasteiger partial charge is 0.277 e. The Balaban J connectivity index is 2.29. The van der Waals surface area contributed by atoms with E-state index in [1.165, 1.54) is 6.07 Å². The quantitative estimate of drug-likeness (QED) is 0.616. The van der Waals surface area contributed by atoms with Gasteiger partial charge in [0.2, 0.25) is 0 Å². The first-order chi connectivity index (χ1) is 9.59. The molecule has 1 aromatic carbocycles. The van der Waals surface area contributed by atoms with Gasteiger partial charge >= 0.3 is 0 Å². The second kappa shape index (κ2) is 4.59. The monoisotopic (exact) mass is 271 g/mol. The average Bonchev–Trinajstić information content (AvgIpc) is 2.76. The number of rotatable bonds is 2. The van der Waals surface area contributed by atoms with Gasteiger partial charge < -0.3 is 4.42 Å². The summed E-state index contributed by atoms with van der Waals surface area (Å²) >= 11 is 0. The number of hydrogen-bond acceptors (Lipinski definition) is 4. The predicted octanol–water partition coefficient (Wildman–Crippen LogP) is 3.68. The highest BCUT2D eigenvalue weighted by molar-refractivity contribution is 6.05. The van der Waals surface area contributed by atoms with Gasteiger partial charge in [0.05, 0.1) is 16.1 Å². The van der Waals surface area contributed by atoms with E-state index in [1.54, 1.807) is 25.1 Å². The second-order valence-electron chi connectivity index (χ2n) is 4.88. The molecule has 5 nitrogen and oxygen atoms in total. The maximum Gasteiger partial charge on any atom is 0.277 e. The number of benzene rings is 1. The number of para-hydroxylation sites is 1. The van der Waals surface area contributed by atoms with Gasteiger partial charge in [0.1, 0.15) is 11.5 Å². The van der Waals surface area contributed by atoms with Crippen LogP contribution in [0.4, 0.5) is 5.69 Å². The number of furan rings is 1. The molecule has 1 aliphatic carbocycles. The van der Waals surface area contributed by atoms with Crippen molar-refractivity contribution in [3.8, 4) is 11.1 Å². The lowest BCUT2D eigenvalue weighted by molar-refractivity contribution is -0.384. The fourth-order valence-electron chi connectivity index (χ4n) is 2.78. The molecule has 2 aromatic rings. The standard InChI is InChI=1S/C15H13NO4/c1-9-14(10-5-2-3-6-11(10)16(18)19)15-12(17)7-4-8-13(15)20-9/h2-3,5-6H,4,7-8H2,1H3. The number of fused-ring (bicyclic) bond motifs is 1. The van der Waals surface area contributed by atoms with E-state index in [4.69, 9.17) is 4.42 Å². The molecule has 0 unspecified atom stereocenters. The zero-order valence-electron chi connectivity index (χ0n) is 11.0. The molecule has 20 heavy (non-hydrogen) atoms. The molecule has 0 fully saturated rings. The second-order valence-corrected chi connectivity index (χ2v) is 4.88. The molecule has 0 amide bonds. The summed E-state index contributed by atoms with van der Waals surface area (Å²) in [4.78, 5) is 22.9. The Kier molecular flexibility index (Phi) is 2.89. The minimum Gasteiger partial charge on any atom is -0.465 e. The van der Waals surface area contributed by atoms with E-state index in [0.717, 1.165) is 6.42 Å². The highest BCUT2D eigenvalue weighted by Gasteiger charge is 2.30. The molecule has 1 aliphatic rings. The molecular formula is C15H13NO4. The number of ketones is 1. The number of aryl methyl sites for hydroxylation is 2. The van der Waals surface area contributed by atoms with Crippen LogP contribution in [-0.4, -0.2) is 10.7 Å². The van der Waals surface area contributed by atoms with Crippen molar-refractivity contribution >= 4 is 11.5 Å². The van der Waals surface area contributed by atoms with E-state index >= 15 is 0 Å². The van der Waals surface area contributed by atoms with Gasteiger partial charge in [0.25, 0.3) is 5.69 Å². The Morgan fingerprint density at radius 2 is 1.95 bits per heavy atom. The van der Waals surface area contributed by atoms with Crippen molar-refractivity contribution in [2.45, 2.75) is 26.2 Å². The Labute approximate surface area is 115 Å². The van der Waals surface area contributed by atoms with Crippen LogP contribution in [0.25, 0.3) is 11.1 Å². The van der Waals surface area contributed by atoms with Crippen molar-refractivity contribution in [3.05, 3.63) is 51.5 Å². The third-order valence-corrected chi connectivity index (χ3v) is 3.61. The summed E-state index contributed by atoms with van der Waals surface area (Å²) in [5.74, 6) is 1.24. The lowest BCUT2D eigenvalue weighted by atomic mass is 9.90. The SMILES string of the molecule is Cc1oc2c(c1-c1ccccc1[N+](=O)[O-])C(=O)CCC2. The first-order valence-electron chi connectivity index (χ1n) is 6.49. The number of nitro groups is 1. The van der Waals surface area contributed by atoms with E-state index < -0.39 is 4.92 Å². The molecule has 1 aromatic heterocycles. The van der Waals surface area contributed by atoms with Gasteiger partial charge in [-0.15, -0.1) is 0 Å². The van der Waals surface area contributed by atoms with E-state index in [-0.39, 0.29) is 11.5 Å². The first kappa shape index (κ1) is 12.6. The molecule has 3 rings (SSSR count). The molecule has 0 radical (unpaired) electrons. The number of Topliss-reactive ketones (excluding diaryl/α,β-unsaturated/α-hetero) is 1. The summed E-state index contributed by atoms with van der Waals surface area (Å²) in [5, 5.41) is 11.2. The summed E-state index contributed by atoms with van der Waals surface area (Å²) < 4.78 is 5.65. The third kappa shape index (κ3) is 1.82. The Morgan fingerprint density at radius 3 is 2.70 bits per heavy atom. The zero-order valence-corrected chi connectivity index (χ0v) is 11.0. The van der Waals surface area contributed by atoms with E-state index in [9.17, 15) is 14.9 Å². The Morgan fingerprint density at radius 1 is 1.20 bits per heavy atom. The van der Waals surface area contributed by atoms with Gasteiger partial charge in [0, 0.05) is 24.5 Å². The molecule has 0 saturated carbocycles.